The predicted octanol–water partition coefficient (Wildman–Crippen LogP) is -1.41. The molecule has 1 aliphatic rings. The lowest BCUT2D eigenvalue weighted by atomic mass is 9.95. The number of ether oxygens (including phenoxy) is 4. The molecule has 11 nitrogen and oxygen atoms in total. The van der Waals surface area contributed by atoms with E-state index in [-0.39, 0.29) is 0 Å². The number of hydrogen-bond acceptors (Lipinski definition) is 10. The van der Waals surface area contributed by atoms with Crippen molar-refractivity contribution in [1.29, 1.82) is 0 Å². The van der Waals surface area contributed by atoms with E-state index < -0.39 is 66.3 Å². The molecule has 11 heteroatoms. The van der Waals surface area contributed by atoms with Crippen molar-refractivity contribution in [3.63, 3.8) is 0 Å². The van der Waals surface area contributed by atoms with Gasteiger partial charge in [-0.3, -0.25) is 24.0 Å². The van der Waals surface area contributed by atoms with Gasteiger partial charge in [0, 0.05) is 34.6 Å². The first-order valence-corrected chi connectivity index (χ1v) is 8.03. The monoisotopic (exact) mass is 389 g/mol. The number of carbonyl (C=O) groups excluding carboxylic acids is 5. The summed E-state index contributed by atoms with van der Waals surface area (Å²) in [4.78, 5) is 57.4. The molecule has 2 N–H and O–H groups in total. The van der Waals surface area contributed by atoms with Crippen LogP contribution in [0.15, 0.2) is 0 Å². The molecule has 0 aromatic heterocycles. The molecule has 1 aliphatic carbocycles. The van der Waals surface area contributed by atoms with Crippen LogP contribution in [-0.2, 0) is 42.9 Å². The summed E-state index contributed by atoms with van der Waals surface area (Å²) < 4.78 is 20.2. The Morgan fingerprint density at radius 2 is 1.30 bits per heavy atom. The molecule has 0 heterocycles. The van der Waals surface area contributed by atoms with Crippen molar-refractivity contribution >= 4 is 29.8 Å². The zero-order chi connectivity index (χ0) is 20.9. The van der Waals surface area contributed by atoms with Crippen molar-refractivity contribution in [3.8, 4) is 0 Å². The summed E-state index contributed by atoms with van der Waals surface area (Å²) in [7, 11) is 0. The second kappa shape index (κ2) is 8.80. The molecule has 0 unspecified atom stereocenters. The minimum absolute atomic E-state index is 0.622. The molecule has 0 saturated heterocycles. The van der Waals surface area contributed by atoms with Gasteiger partial charge >= 0.3 is 23.9 Å². The number of rotatable bonds is 6. The minimum atomic E-state index is -2.23. The Morgan fingerprint density at radius 1 is 0.815 bits per heavy atom. The van der Waals surface area contributed by atoms with Gasteiger partial charge in [0.05, 0.1) is 0 Å². The Hall–Kier alpha value is -2.69. The first-order chi connectivity index (χ1) is 12.4. The average molecular weight is 389 g/mol. The summed E-state index contributed by atoms with van der Waals surface area (Å²) in [5.74, 6) is -3.84. The fraction of sp³-hybridized carbons (Fsp3) is 0.688. The van der Waals surface area contributed by atoms with Crippen molar-refractivity contribution in [2.45, 2.75) is 64.6 Å². The van der Waals surface area contributed by atoms with Crippen LogP contribution < -0.4 is 5.32 Å². The third kappa shape index (κ3) is 5.64. The Balaban J connectivity index is 3.48. The molecule has 1 amide bonds. The quantitative estimate of drug-likeness (QED) is 0.409. The van der Waals surface area contributed by atoms with Crippen LogP contribution in [0.2, 0.25) is 0 Å². The summed E-state index contributed by atoms with van der Waals surface area (Å²) in [6.07, 6.45) is -4.44. The Labute approximate surface area is 155 Å². The molecular formula is C16H23NO10. The van der Waals surface area contributed by atoms with Crippen LogP contribution >= 0.6 is 0 Å². The predicted molar refractivity (Wildman–Crippen MR) is 85.8 cm³/mol. The number of esters is 4. The lowest BCUT2D eigenvalue weighted by Crippen LogP contribution is -2.60. The highest BCUT2D eigenvalue weighted by Crippen LogP contribution is 2.38. The highest BCUT2D eigenvalue weighted by atomic mass is 16.6. The topological polar surface area (TPSA) is 155 Å². The largest absolute Gasteiger partial charge is 0.463 e. The van der Waals surface area contributed by atoms with E-state index in [9.17, 15) is 29.1 Å². The Morgan fingerprint density at radius 3 is 1.70 bits per heavy atom. The fourth-order valence-electron chi connectivity index (χ4n) is 2.92. The number of hydrogen-bond donors (Lipinski definition) is 2. The molecule has 0 bridgehead atoms. The van der Waals surface area contributed by atoms with Gasteiger partial charge in [0.25, 0.3) is 0 Å². The van der Waals surface area contributed by atoms with E-state index in [1.807, 2.05) is 0 Å². The number of aliphatic hydroxyl groups is 1. The normalized spacial score (nSPS) is 29.4. The smallest absolute Gasteiger partial charge is 0.303 e. The molecule has 1 saturated carbocycles. The zero-order valence-electron chi connectivity index (χ0n) is 15.6. The molecule has 0 radical (unpaired) electrons. The van der Waals surface area contributed by atoms with E-state index >= 15 is 0 Å². The highest BCUT2D eigenvalue weighted by Gasteiger charge is 2.66. The standard InChI is InChI=1S/C16H23NO10/c1-7(18)17-14-12(25-9(3)20)13(26-10(4)21)15(27-11(5)22)16(14,23)6-24-8(2)19/h12-15,23H,6H2,1-5H3,(H,17,18)/t12-,13-,14+,15+,16+/m1/s1. The van der Waals surface area contributed by atoms with Gasteiger partial charge < -0.3 is 29.4 Å². The van der Waals surface area contributed by atoms with Crippen LogP contribution in [-0.4, -0.2) is 71.5 Å². The molecule has 152 valence electrons. The van der Waals surface area contributed by atoms with E-state index in [0.29, 0.717) is 0 Å². The number of amides is 1. The van der Waals surface area contributed by atoms with Crippen LogP contribution in [0.25, 0.3) is 0 Å². The van der Waals surface area contributed by atoms with Gasteiger partial charge in [0.15, 0.2) is 23.9 Å². The molecule has 0 aromatic carbocycles. The van der Waals surface area contributed by atoms with Crippen LogP contribution in [0.4, 0.5) is 0 Å². The van der Waals surface area contributed by atoms with E-state index in [4.69, 9.17) is 18.9 Å². The summed E-state index contributed by atoms with van der Waals surface area (Å²) >= 11 is 0. The maximum Gasteiger partial charge on any atom is 0.303 e. The van der Waals surface area contributed by atoms with E-state index in [1.165, 1.54) is 0 Å². The summed E-state index contributed by atoms with van der Waals surface area (Å²) in [5.41, 5.74) is -2.23. The van der Waals surface area contributed by atoms with Crippen molar-refractivity contribution in [2.75, 3.05) is 6.61 Å². The third-order valence-corrected chi connectivity index (χ3v) is 3.74. The molecule has 0 spiro atoms. The van der Waals surface area contributed by atoms with Gasteiger partial charge in [-0.05, 0) is 0 Å². The molecule has 27 heavy (non-hydrogen) atoms. The molecule has 1 fully saturated rings. The van der Waals surface area contributed by atoms with Gasteiger partial charge in [0.1, 0.15) is 12.6 Å². The van der Waals surface area contributed by atoms with Crippen molar-refractivity contribution in [3.05, 3.63) is 0 Å². The van der Waals surface area contributed by atoms with Crippen LogP contribution in [0.3, 0.4) is 0 Å². The van der Waals surface area contributed by atoms with Gasteiger partial charge in [-0.2, -0.15) is 0 Å². The molecular weight excluding hydrogens is 366 g/mol. The number of carbonyl (C=O) groups is 5. The second-order valence-corrected chi connectivity index (χ2v) is 6.13. The molecule has 5 atom stereocenters. The van der Waals surface area contributed by atoms with E-state index in [2.05, 4.69) is 5.32 Å². The Bertz CT molecular complexity index is 589. The zero-order valence-corrected chi connectivity index (χ0v) is 15.6. The van der Waals surface area contributed by atoms with Gasteiger partial charge in [-0.1, -0.05) is 0 Å². The lowest BCUT2D eigenvalue weighted by Gasteiger charge is -2.34. The molecule has 0 aliphatic heterocycles. The second-order valence-electron chi connectivity index (χ2n) is 6.13. The van der Waals surface area contributed by atoms with Gasteiger partial charge in [-0.25, -0.2) is 0 Å². The third-order valence-electron chi connectivity index (χ3n) is 3.74. The van der Waals surface area contributed by atoms with Crippen LogP contribution in [0, 0.1) is 0 Å². The highest BCUT2D eigenvalue weighted by molar-refractivity contribution is 5.74. The number of nitrogens with one attached hydrogen (secondary N) is 1. The maximum atomic E-state index is 11.6. The van der Waals surface area contributed by atoms with Gasteiger partial charge in [0.2, 0.25) is 5.91 Å². The fourth-order valence-corrected chi connectivity index (χ4v) is 2.92. The summed E-state index contributed by atoms with van der Waals surface area (Å²) in [6, 6.07) is -1.40. The van der Waals surface area contributed by atoms with Crippen molar-refractivity contribution < 1.29 is 48.0 Å². The van der Waals surface area contributed by atoms with Crippen LogP contribution in [0.5, 0.6) is 0 Å². The summed E-state index contributed by atoms with van der Waals surface area (Å²) in [5, 5.41) is 13.6. The Kier molecular flexibility index (Phi) is 7.28. The first-order valence-electron chi connectivity index (χ1n) is 8.03. The average Bonchev–Trinajstić information content (AvgIpc) is 2.67. The molecule has 0 aromatic rings. The van der Waals surface area contributed by atoms with E-state index in [1.54, 1.807) is 0 Å². The van der Waals surface area contributed by atoms with Crippen molar-refractivity contribution in [1.82, 2.24) is 5.32 Å². The van der Waals surface area contributed by atoms with E-state index in [0.717, 1.165) is 34.6 Å². The SMILES string of the molecule is CC(=O)N[C@H]1[C@H](OC(C)=O)[C@@H](OC(C)=O)[C@H](OC(C)=O)[C@]1(O)COC(C)=O. The minimum Gasteiger partial charge on any atom is -0.463 e. The first kappa shape index (κ1) is 22.4. The van der Waals surface area contributed by atoms with Gasteiger partial charge in [-0.15, -0.1) is 0 Å². The van der Waals surface area contributed by atoms with Crippen molar-refractivity contribution in [2.24, 2.45) is 0 Å². The molecule has 1 rings (SSSR count). The lowest BCUT2D eigenvalue weighted by molar-refractivity contribution is -0.189. The van der Waals surface area contributed by atoms with Crippen LogP contribution in [0.1, 0.15) is 34.6 Å². The maximum absolute atomic E-state index is 11.6. The summed E-state index contributed by atoms with van der Waals surface area (Å²) in [6.45, 7) is 4.67.